The van der Waals surface area contributed by atoms with Crippen molar-refractivity contribution in [2.45, 2.75) is 75.4 Å². The molecule has 4 saturated heterocycles. The molecule has 236 valence electrons. The number of aryl methyl sites for hydroxylation is 1. The van der Waals surface area contributed by atoms with Crippen molar-refractivity contribution >= 4 is 34.1 Å². The van der Waals surface area contributed by atoms with E-state index in [0.29, 0.717) is 31.9 Å². The number of halogens is 6. The number of nitrogens with one attached hydrogen (secondary N) is 1. The van der Waals surface area contributed by atoms with Gasteiger partial charge in [0.05, 0.1) is 27.4 Å². The van der Waals surface area contributed by atoms with Gasteiger partial charge in [-0.3, -0.25) is 4.90 Å². The largest absolute Gasteiger partial charge is 0.461 e. The van der Waals surface area contributed by atoms with Crippen molar-refractivity contribution in [2.75, 3.05) is 43.4 Å². The second kappa shape index (κ2) is 10.8. The van der Waals surface area contributed by atoms with Gasteiger partial charge in [0.2, 0.25) is 0 Å². The number of piperazine rings is 1. The van der Waals surface area contributed by atoms with Crippen LogP contribution in [-0.2, 0) is 6.18 Å². The summed E-state index contributed by atoms with van der Waals surface area (Å²) in [4.78, 5) is 17.1. The lowest BCUT2D eigenvalue weighted by atomic mass is 9.94. The number of pyridine rings is 1. The highest BCUT2D eigenvalue weighted by molar-refractivity contribution is 6.34. The molecule has 6 heterocycles. The molecule has 4 fully saturated rings. The zero-order valence-corrected chi connectivity index (χ0v) is 24.9. The molecule has 0 saturated carbocycles. The molecule has 8 nitrogen and oxygen atoms in total. The van der Waals surface area contributed by atoms with Crippen molar-refractivity contribution in [3.8, 4) is 17.3 Å². The number of aromatic nitrogens is 3. The zero-order chi connectivity index (χ0) is 31.0. The number of anilines is 2. The molecule has 3 aromatic rings. The summed E-state index contributed by atoms with van der Waals surface area (Å²) in [5.74, 6) is -0.896. The Hall–Kier alpha value is -3.03. The number of nitrogen functional groups attached to an aromatic ring is 1. The van der Waals surface area contributed by atoms with Crippen LogP contribution in [0.3, 0.4) is 0 Å². The van der Waals surface area contributed by atoms with Crippen LogP contribution in [0.25, 0.3) is 22.2 Å². The highest BCUT2D eigenvalue weighted by Gasteiger charge is 2.49. The number of rotatable bonds is 5. The van der Waals surface area contributed by atoms with Crippen LogP contribution < -0.4 is 20.7 Å². The van der Waals surface area contributed by atoms with Gasteiger partial charge in [-0.25, -0.2) is 13.8 Å². The van der Waals surface area contributed by atoms with E-state index in [2.05, 4.69) is 20.2 Å². The van der Waals surface area contributed by atoms with E-state index in [9.17, 15) is 17.6 Å². The molecule has 14 heteroatoms. The first kappa shape index (κ1) is 29.7. The number of fused-ring (bicyclic) bond motifs is 4. The number of hydrogen-bond acceptors (Lipinski definition) is 8. The molecule has 4 unspecified atom stereocenters. The third-order valence-corrected chi connectivity index (χ3v) is 9.89. The average molecular weight is 638 g/mol. The number of piperidine rings is 1. The fraction of sp³-hybridized carbons (Fsp3) is 0.567. The zero-order valence-electron chi connectivity index (χ0n) is 24.2. The number of hydrogen-bond donors (Lipinski definition) is 2. The third-order valence-electron chi connectivity index (χ3n) is 9.59. The lowest BCUT2D eigenvalue weighted by Crippen LogP contribution is -2.59. The van der Waals surface area contributed by atoms with E-state index in [1.165, 1.54) is 13.0 Å². The molecular formula is C30H33ClF5N7O. The second-order valence-corrected chi connectivity index (χ2v) is 13.0. The number of nitrogens with two attached hydrogens (primary N) is 1. The minimum atomic E-state index is -4.85. The molecule has 0 aliphatic carbocycles. The molecule has 0 spiro atoms. The Bertz CT molecular complexity index is 1610. The molecule has 3 N–H and O–H groups in total. The first-order valence-corrected chi connectivity index (χ1v) is 15.4. The number of benzene rings is 1. The van der Waals surface area contributed by atoms with E-state index in [-0.39, 0.29) is 52.0 Å². The van der Waals surface area contributed by atoms with Crippen LogP contribution in [0.1, 0.15) is 49.7 Å². The van der Waals surface area contributed by atoms with Gasteiger partial charge in [-0.2, -0.15) is 23.1 Å². The van der Waals surface area contributed by atoms with Crippen molar-refractivity contribution in [1.82, 2.24) is 25.2 Å². The molecule has 2 bridgehead atoms. The van der Waals surface area contributed by atoms with Crippen LogP contribution in [0.2, 0.25) is 5.02 Å². The predicted octanol–water partition coefficient (Wildman–Crippen LogP) is 5.68. The van der Waals surface area contributed by atoms with Gasteiger partial charge in [0.25, 0.3) is 0 Å². The molecule has 4 atom stereocenters. The van der Waals surface area contributed by atoms with Gasteiger partial charge < -0.3 is 20.7 Å². The molecule has 4 aliphatic rings. The quantitative estimate of drug-likeness (QED) is 0.346. The van der Waals surface area contributed by atoms with Crippen LogP contribution >= 0.6 is 11.6 Å². The number of alkyl halides is 4. The van der Waals surface area contributed by atoms with Crippen LogP contribution in [0.4, 0.5) is 33.6 Å². The Balaban J connectivity index is 1.38. The molecule has 2 aromatic heterocycles. The van der Waals surface area contributed by atoms with Crippen molar-refractivity contribution in [3.63, 3.8) is 0 Å². The highest BCUT2D eigenvalue weighted by Crippen LogP contribution is 2.45. The average Bonchev–Trinajstić information content (AvgIpc) is 3.46. The van der Waals surface area contributed by atoms with Crippen LogP contribution in [0, 0.1) is 12.7 Å². The van der Waals surface area contributed by atoms with Crippen LogP contribution in [0.15, 0.2) is 12.1 Å². The molecule has 4 aliphatic heterocycles. The van der Waals surface area contributed by atoms with Gasteiger partial charge in [0, 0.05) is 43.5 Å². The summed E-state index contributed by atoms with van der Waals surface area (Å²) >= 11 is 6.59. The van der Waals surface area contributed by atoms with E-state index in [4.69, 9.17) is 27.1 Å². The summed E-state index contributed by atoms with van der Waals surface area (Å²) in [5.41, 5.74) is 2.49. The lowest BCUT2D eigenvalue weighted by molar-refractivity contribution is -0.137. The minimum absolute atomic E-state index is 0.113. The Morgan fingerprint density at radius 1 is 1.11 bits per heavy atom. The maximum atomic E-state index is 16.6. The SMILES string of the molecule is Cc1cc(N)nc(-c2c(Cl)cc3c(N4CC5CCCC(C4)N5)nc(OCC45CCCN4CC(F)C5)nc3c2F)c1C(F)(F)F. The summed E-state index contributed by atoms with van der Waals surface area (Å²) in [5, 5.41) is 3.59. The second-order valence-electron chi connectivity index (χ2n) is 12.6. The third kappa shape index (κ3) is 5.10. The van der Waals surface area contributed by atoms with Gasteiger partial charge in [0.15, 0.2) is 5.82 Å². The Morgan fingerprint density at radius 2 is 1.86 bits per heavy atom. The maximum absolute atomic E-state index is 16.6. The molecule has 0 amide bonds. The van der Waals surface area contributed by atoms with Crippen molar-refractivity contribution in [3.05, 3.63) is 34.1 Å². The van der Waals surface area contributed by atoms with Gasteiger partial charge in [0.1, 0.15) is 29.9 Å². The van der Waals surface area contributed by atoms with Gasteiger partial charge >= 0.3 is 12.2 Å². The molecular weight excluding hydrogens is 605 g/mol. The van der Waals surface area contributed by atoms with Crippen LogP contribution in [0.5, 0.6) is 6.01 Å². The first-order chi connectivity index (χ1) is 20.9. The molecule has 44 heavy (non-hydrogen) atoms. The normalized spacial score (nSPS) is 27.2. The van der Waals surface area contributed by atoms with Crippen LogP contribution in [-0.4, -0.2) is 76.4 Å². The number of ether oxygens (including phenoxy) is 1. The predicted molar refractivity (Wildman–Crippen MR) is 157 cm³/mol. The van der Waals surface area contributed by atoms with Gasteiger partial charge in [-0.15, -0.1) is 0 Å². The molecule has 7 rings (SSSR count). The summed E-state index contributed by atoms with van der Waals surface area (Å²) in [6, 6.07) is 2.77. The molecule has 1 aromatic carbocycles. The van der Waals surface area contributed by atoms with E-state index in [0.717, 1.165) is 44.7 Å². The van der Waals surface area contributed by atoms with Gasteiger partial charge in [-0.05, 0) is 56.8 Å². The van der Waals surface area contributed by atoms with E-state index in [1.807, 2.05) is 4.90 Å². The highest BCUT2D eigenvalue weighted by atomic mass is 35.5. The molecule has 0 radical (unpaired) electrons. The monoisotopic (exact) mass is 637 g/mol. The number of nitrogens with zero attached hydrogens (tertiary/aromatic N) is 5. The van der Waals surface area contributed by atoms with Crippen molar-refractivity contribution < 1.29 is 26.7 Å². The van der Waals surface area contributed by atoms with Crippen molar-refractivity contribution in [1.29, 1.82) is 0 Å². The first-order valence-electron chi connectivity index (χ1n) is 15.0. The minimum Gasteiger partial charge on any atom is -0.461 e. The fourth-order valence-electron chi connectivity index (χ4n) is 7.75. The summed E-state index contributed by atoms with van der Waals surface area (Å²) in [7, 11) is 0. The van der Waals surface area contributed by atoms with Gasteiger partial charge in [-0.1, -0.05) is 18.0 Å². The smallest absolute Gasteiger partial charge is 0.418 e. The summed E-state index contributed by atoms with van der Waals surface area (Å²) in [6.07, 6.45) is -0.783. The summed E-state index contributed by atoms with van der Waals surface area (Å²) in [6.45, 7) is 3.64. The maximum Gasteiger partial charge on any atom is 0.418 e. The lowest BCUT2D eigenvalue weighted by Gasteiger charge is -2.43. The van der Waals surface area contributed by atoms with Crippen molar-refractivity contribution in [2.24, 2.45) is 0 Å². The Morgan fingerprint density at radius 3 is 2.59 bits per heavy atom. The van der Waals surface area contributed by atoms with E-state index < -0.39 is 40.5 Å². The standard InChI is InChI=1S/C30H33ClF5N7O/c1-15-8-21(37)39-26(23(15)30(34,35)36)22-20(31)9-19-25(24(22)33)40-28(44-14-29-6-3-7-43(29)11-16(32)10-29)41-27(19)42-12-17-4-2-5-18(13-42)38-17/h8-9,16-18,38H,2-7,10-14H2,1H3,(H2,37,39). The Labute approximate surface area is 256 Å². The topological polar surface area (TPSA) is 92.4 Å². The van der Waals surface area contributed by atoms with E-state index in [1.54, 1.807) is 0 Å². The fourth-order valence-corrected chi connectivity index (χ4v) is 8.03. The Kier molecular flexibility index (Phi) is 7.28. The summed E-state index contributed by atoms with van der Waals surface area (Å²) < 4.78 is 79.9. The van der Waals surface area contributed by atoms with E-state index >= 15 is 4.39 Å².